The minimum atomic E-state index is -4.39. The molecule has 0 saturated carbocycles. The Morgan fingerprint density at radius 3 is 1.42 bits per heavy atom. The molecule has 0 amide bonds. The van der Waals surface area contributed by atoms with Crippen molar-refractivity contribution in [3.63, 3.8) is 0 Å². The van der Waals surface area contributed by atoms with Crippen molar-refractivity contribution in [1.29, 1.82) is 0 Å². The molecule has 342 valence electrons. The van der Waals surface area contributed by atoms with Gasteiger partial charge in [-0.3, -0.25) is 18.6 Å². The monoisotopic (exact) mass is 851 g/mol. The molecule has 9 nitrogen and oxygen atoms in total. The third-order valence-corrected chi connectivity index (χ3v) is 10.8. The number of nitrogens with zero attached hydrogens (tertiary/aromatic N) is 1. The Hall–Kier alpha value is -2.29. The number of hydrogen-bond acceptors (Lipinski definition) is 7. The first kappa shape index (κ1) is 56.7. The van der Waals surface area contributed by atoms with Crippen LogP contribution in [0.1, 0.15) is 187 Å². The average molecular weight is 851 g/mol. The highest BCUT2D eigenvalue weighted by Crippen LogP contribution is 2.43. The van der Waals surface area contributed by atoms with E-state index in [2.05, 4.69) is 74.6 Å². The van der Waals surface area contributed by atoms with Crippen molar-refractivity contribution in [3.8, 4) is 0 Å². The standard InChI is InChI=1S/C49H88NO8P/c1-6-8-10-12-14-16-18-20-22-24-25-26-28-30-32-34-36-38-40-42-49(52)58-47(46-57-59(53,54)56-44-43-50(3,4)5)45-55-48(51)41-39-37-35-33-31-29-27-23-21-19-17-15-13-11-9-7-2/h14,16,20,22-23,25-27,30,32,47H,6-13,15,17-19,21,24,28-29,31,33-46H2,1-5H3/p+1/b16-14-,22-20-,26-25-,27-23-,32-30-/t47-/m1/s1. The van der Waals surface area contributed by atoms with E-state index in [1.807, 2.05) is 21.1 Å². The molecule has 0 radical (unpaired) electrons. The lowest BCUT2D eigenvalue weighted by molar-refractivity contribution is -0.870. The van der Waals surface area contributed by atoms with Crippen molar-refractivity contribution in [2.24, 2.45) is 0 Å². The number of esters is 2. The van der Waals surface area contributed by atoms with Gasteiger partial charge in [0.1, 0.15) is 19.8 Å². The fraction of sp³-hybridized carbons (Fsp3) is 0.755. The summed E-state index contributed by atoms with van der Waals surface area (Å²) in [7, 11) is 1.44. The van der Waals surface area contributed by atoms with E-state index in [0.717, 1.165) is 77.0 Å². The molecular weight excluding hydrogens is 762 g/mol. The van der Waals surface area contributed by atoms with Gasteiger partial charge in [-0.05, 0) is 83.5 Å². The van der Waals surface area contributed by atoms with Crippen LogP contribution in [-0.4, -0.2) is 74.9 Å². The number of unbranched alkanes of at least 4 members (excludes halogenated alkanes) is 18. The molecule has 2 atom stereocenters. The summed E-state index contributed by atoms with van der Waals surface area (Å²) in [4.78, 5) is 35.4. The van der Waals surface area contributed by atoms with Crippen LogP contribution in [-0.2, 0) is 32.7 Å². The summed E-state index contributed by atoms with van der Waals surface area (Å²) >= 11 is 0. The Morgan fingerprint density at radius 1 is 0.525 bits per heavy atom. The molecule has 0 heterocycles. The van der Waals surface area contributed by atoms with Crippen molar-refractivity contribution < 1.29 is 42.1 Å². The number of hydrogen-bond donors (Lipinski definition) is 1. The van der Waals surface area contributed by atoms with Gasteiger partial charge in [0.05, 0.1) is 27.7 Å². The van der Waals surface area contributed by atoms with Gasteiger partial charge in [0.2, 0.25) is 0 Å². The van der Waals surface area contributed by atoms with Crippen molar-refractivity contribution >= 4 is 19.8 Å². The molecule has 0 rings (SSSR count). The fourth-order valence-corrected chi connectivity index (χ4v) is 6.79. The van der Waals surface area contributed by atoms with Crippen LogP contribution >= 0.6 is 7.82 Å². The summed E-state index contributed by atoms with van der Waals surface area (Å²) in [5, 5.41) is 0. The molecule has 0 aliphatic heterocycles. The number of carbonyl (C=O) groups is 2. The topological polar surface area (TPSA) is 108 Å². The average Bonchev–Trinajstić information content (AvgIpc) is 3.19. The molecule has 0 aromatic rings. The predicted octanol–water partition coefficient (Wildman–Crippen LogP) is 13.6. The third-order valence-electron chi connectivity index (χ3n) is 9.77. The summed E-state index contributed by atoms with van der Waals surface area (Å²) in [5.74, 6) is -0.846. The first-order chi connectivity index (χ1) is 28.5. The number of phosphoric acid groups is 1. The highest BCUT2D eigenvalue weighted by Gasteiger charge is 2.27. The quantitative estimate of drug-likeness (QED) is 0.0213. The number of phosphoric ester groups is 1. The highest BCUT2D eigenvalue weighted by atomic mass is 31.2. The second-order valence-electron chi connectivity index (χ2n) is 16.8. The fourth-order valence-electron chi connectivity index (χ4n) is 6.05. The maximum absolute atomic E-state index is 12.7. The Bertz CT molecular complexity index is 1190. The smallest absolute Gasteiger partial charge is 0.462 e. The number of likely N-dealkylation sites (N-methyl/N-ethyl adjacent to an activating group) is 1. The van der Waals surface area contributed by atoms with Crippen molar-refractivity contribution in [2.75, 3.05) is 47.5 Å². The van der Waals surface area contributed by atoms with Crippen LogP contribution in [0.25, 0.3) is 0 Å². The Balaban J connectivity index is 4.41. The van der Waals surface area contributed by atoms with Gasteiger partial charge in [-0.25, -0.2) is 4.57 Å². The van der Waals surface area contributed by atoms with Crippen LogP contribution < -0.4 is 0 Å². The zero-order chi connectivity index (χ0) is 43.6. The zero-order valence-corrected chi connectivity index (χ0v) is 39.4. The van der Waals surface area contributed by atoms with Crippen LogP contribution in [0.3, 0.4) is 0 Å². The van der Waals surface area contributed by atoms with Gasteiger partial charge in [-0.1, -0.05) is 152 Å². The summed E-state index contributed by atoms with van der Waals surface area (Å²) in [6.07, 6.45) is 49.8. The van der Waals surface area contributed by atoms with E-state index >= 15 is 0 Å². The van der Waals surface area contributed by atoms with Gasteiger partial charge < -0.3 is 18.9 Å². The van der Waals surface area contributed by atoms with E-state index in [1.54, 1.807) is 0 Å². The second kappa shape index (κ2) is 41.1. The number of rotatable bonds is 42. The molecule has 59 heavy (non-hydrogen) atoms. The van der Waals surface area contributed by atoms with Gasteiger partial charge in [0.25, 0.3) is 0 Å². The minimum absolute atomic E-state index is 0.0216. The van der Waals surface area contributed by atoms with Gasteiger partial charge >= 0.3 is 19.8 Å². The summed E-state index contributed by atoms with van der Waals surface area (Å²) in [6.45, 7) is 4.34. The third kappa shape index (κ3) is 45.1. The molecule has 1 unspecified atom stereocenters. The highest BCUT2D eigenvalue weighted by molar-refractivity contribution is 7.47. The van der Waals surface area contributed by atoms with Crippen molar-refractivity contribution in [2.45, 2.75) is 193 Å². The van der Waals surface area contributed by atoms with Gasteiger partial charge in [0.15, 0.2) is 6.10 Å². The predicted molar refractivity (Wildman–Crippen MR) is 247 cm³/mol. The van der Waals surface area contributed by atoms with Gasteiger partial charge in [-0.15, -0.1) is 0 Å². The Morgan fingerprint density at radius 2 is 0.915 bits per heavy atom. The minimum Gasteiger partial charge on any atom is -0.462 e. The normalized spacial score (nSPS) is 14.1. The van der Waals surface area contributed by atoms with E-state index in [9.17, 15) is 19.0 Å². The zero-order valence-electron chi connectivity index (χ0n) is 38.5. The summed E-state index contributed by atoms with van der Waals surface area (Å²) in [5.41, 5.74) is 0. The molecule has 0 fully saturated rings. The molecule has 0 saturated heterocycles. The van der Waals surface area contributed by atoms with Crippen LogP contribution in [0.15, 0.2) is 60.8 Å². The first-order valence-corrected chi connectivity index (χ1v) is 25.0. The number of allylic oxidation sites excluding steroid dienone is 10. The largest absolute Gasteiger partial charge is 0.472 e. The van der Waals surface area contributed by atoms with E-state index in [0.29, 0.717) is 17.4 Å². The summed E-state index contributed by atoms with van der Waals surface area (Å²) in [6, 6.07) is 0. The number of ether oxygens (including phenoxy) is 2. The molecule has 0 aliphatic rings. The van der Waals surface area contributed by atoms with Crippen molar-refractivity contribution in [1.82, 2.24) is 0 Å². The lowest BCUT2D eigenvalue weighted by atomic mass is 10.1. The van der Waals surface area contributed by atoms with E-state index < -0.39 is 26.5 Å². The van der Waals surface area contributed by atoms with E-state index in [4.69, 9.17) is 18.5 Å². The molecule has 10 heteroatoms. The molecule has 0 spiro atoms. The van der Waals surface area contributed by atoms with Crippen LogP contribution in [0, 0.1) is 0 Å². The molecule has 0 aromatic heterocycles. The maximum atomic E-state index is 12.7. The molecule has 0 aliphatic carbocycles. The van der Waals surface area contributed by atoms with Crippen LogP contribution in [0.2, 0.25) is 0 Å². The second-order valence-corrected chi connectivity index (χ2v) is 18.2. The van der Waals surface area contributed by atoms with Gasteiger partial charge in [-0.2, -0.15) is 0 Å². The molecule has 0 aromatic carbocycles. The Labute approximate surface area is 362 Å². The lowest BCUT2D eigenvalue weighted by Crippen LogP contribution is -2.37. The Kier molecular flexibility index (Phi) is 39.5. The molecular formula is C49H89NO8P+. The number of carbonyl (C=O) groups excluding carboxylic acids is 2. The van der Waals surface area contributed by atoms with Crippen LogP contribution in [0.5, 0.6) is 0 Å². The molecule has 0 bridgehead atoms. The van der Waals surface area contributed by atoms with Crippen LogP contribution in [0.4, 0.5) is 0 Å². The number of quaternary nitrogens is 1. The van der Waals surface area contributed by atoms with E-state index in [-0.39, 0.29) is 32.0 Å². The van der Waals surface area contributed by atoms with E-state index in [1.165, 1.54) is 77.0 Å². The lowest BCUT2D eigenvalue weighted by Gasteiger charge is -2.24. The van der Waals surface area contributed by atoms with Crippen molar-refractivity contribution in [3.05, 3.63) is 60.8 Å². The summed E-state index contributed by atoms with van der Waals surface area (Å²) < 4.78 is 34.3. The first-order valence-electron chi connectivity index (χ1n) is 23.5. The molecule has 1 N–H and O–H groups in total. The van der Waals surface area contributed by atoms with Gasteiger partial charge in [0, 0.05) is 12.8 Å². The SMILES string of the molecule is CCCCC/C=C\C/C=C\C/C=C\C/C=C\CCCCCC(=O)O[C@H](COC(=O)CCCCCCC/C=C\CCCCCCCCC)COP(=O)(O)OCC[N+](C)(C)C. The maximum Gasteiger partial charge on any atom is 0.472 e.